The van der Waals surface area contributed by atoms with Crippen LogP contribution in [0.1, 0.15) is 55.2 Å². The number of aryl methyl sites for hydroxylation is 1. The number of aliphatic imine (C=N–C) groups is 1. The summed E-state index contributed by atoms with van der Waals surface area (Å²) in [6, 6.07) is 5.82. The molecule has 1 aliphatic carbocycles. The van der Waals surface area contributed by atoms with E-state index >= 15 is 0 Å². The minimum absolute atomic E-state index is 0.0124. The Labute approximate surface area is 193 Å². The highest BCUT2D eigenvalue weighted by atomic mass is 16.2. The zero-order valence-corrected chi connectivity index (χ0v) is 19.2. The Morgan fingerprint density at radius 2 is 1.94 bits per heavy atom. The molecule has 1 aromatic heterocycles. The van der Waals surface area contributed by atoms with E-state index in [9.17, 15) is 9.59 Å². The molecule has 1 saturated heterocycles. The summed E-state index contributed by atoms with van der Waals surface area (Å²) in [5, 5.41) is 7.27. The maximum Gasteiger partial charge on any atom is 0.291 e. The lowest BCUT2D eigenvalue weighted by Crippen LogP contribution is -2.39. The predicted molar refractivity (Wildman–Crippen MR) is 128 cm³/mol. The number of carbonyl (C=O) groups is 2. The van der Waals surface area contributed by atoms with Gasteiger partial charge in [0.25, 0.3) is 5.91 Å². The molecular weight excluding hydrogens is 420 g/mol. The molecule has 0 spiro atoms. The van der Waals surface area contributed by atoms with Crippen molar-refractivity contribution in [2.45, 2.75) is 64.1 Å². The second-order valence-electron chi connectivity index (χ2n) is 9.01. The standard InChI is InChI=1S/C23H32N8O2/c1-13-7-8-17-16(11-13)20(28-18-5-3-4-6-19(18)29-23(24)25)30-21(27-17)22(33)31-10-9-15(12-31)26-14(2)32/h7-8,11,15,18-19H,3-6,9-10,12H2,1-2H3,(H,26,32)(H4,24,25,29)(H,27,28,30). The average molecular weight is 453 g/mol. The highest BCUT2D eigenvalue weighted by Crippen LogP contribution is 2.28. The molecule has 0 bridgehead atoms. The van der Waals surface area contributed by atoms with Crippen LogP contribution in [0.15, 0.2) is 23.2 Å². The summed E-state index contributed by atoms with van der Waals surface area (Å²) in [7, 11) is 0. The summed E-state index contributed by atoms with van der Waals surface area (Å²) >= 11 is 0. The van der Waals surface area contributed by atoms with Gasteiger partial charge in [-0.1, -0.05) is 24.5 Å². The molecule has 1 aromatic carbocycles. The molecular formula is C23H32N8O2. The zero-order valence-electron chi connectivity index (χ0n) is 19.2. The first-order valence-electron chi connectivity index (χ1n) is 11.5. The molecule has 6 N–H and O–H groups in total. The quantitative estimate of drug-likeness (QED) is 0.394. The molecule has 3 atom stereocenters. The lowest BCUT2D eigenvalue weighted by Gasteiger charge is -2.30. The Kier molecular flexibility index (Phi) is 6.62. The third kappa shape index (κ3) is 5.32. The van der Waals surface area contributed by atoms with Crippen LogP contribution in [0.3, 0.4) is 0 Å². The Bertz CT molecular complexity index is 1080. The van der Waals surface area contributed by atoms with Gasteiger partial charge in [0.2, 0.25) is 11.7 Å². The van der Waals surface area contributed by atoms with E-state index in [1.54, 1.807) is 4.90 Å². The van der Waals surface area contributed by atoms with E-state index < -0.39 is 0 Å². The molecule has 4 rings (SSSR count). The van der Waals surface area contributed by atoms with Gasteiger partial charge in [-0.2, -0.15) is 0 Å². The lowest BCUT2D eigenvalue weighted by molar-refractivity contribution is -0.119. The SMILES string of the molecule is CC(=O)NC1CCN(C(=O)c2nc(NC3CCCCC3N=C(N)N)c3cc(C)ccc3n2)C1. The first-order valence-corrected chi connectivity index (χ1v) is 11.5. The number of rotatable bonds is 5. The fraction of sp³-hybridized carbons (Fsp3) is 0.522. The summed E-state index contributed by atoms with van der Waals surface area (Å²) in [6.45, 7) is 4.50. The van der Waals surface area contributed by atoms with Crippen LogP contribution < -0.4 is 22.1 Å². The van der Waals surface area contributed by atoms with Crippen molar-refractivity contribution in [1.82, 2.24) is 20.2 Å². The molecule has 2 heterocycles. The number of carbonyl (C=O) groups excluding carboxylic acids is 2. The number of fused-ring (bicyclic) bond motifs is 1. The number of hydrogen-bond donors (Lipinski definition) is 4. The van der Waals surface area contributed by atoms with E-state index in [0.29, 0.717) is 30.8 Å². The minimum atomic E-state index is -0.238. The summed E-state index contributed by atoms with van der Waals surface area (Å²) in [5.74, 6) is 0.508. The van der Waals surface area contributed by atoms with Gasteiger partial charge in [-0.15, -0.1) is 0 Å². The Morgan fingerprint density at radius 1 is 1.15 bits per heavy atom. The van der Waals surface area contributed by atoms with Gasteiger partial charge in [-0.3, -0.25) is 9.59 Å². The van der Waals surface area contributed by atoms with Crippen LogP contribution in [0.25, 0.3) is 10.9 Å². The van der Waals surface area contributed by atoms with Crippen molar-refractivity contribution in [3.8, 4) is 0 Å². The molecule has 33 heavy (non-hydrogen) atoms. The van der Waals surface area contributed by atoms with Gasteiger partial charge < -0.3 is 27.0 Å². The fourth-order valence-electron chi connectivity index (χ4n) is 4.74. The number of amides is 2. The number of guanidine groups is 1. The van der Waals surface area contributed by atoms with Crippen molar-refractivity contribution in [2.75, 3.05) is 18.4 Å². The Morgan fingerprint density at radius 3 is 2.70 bits per heavy atom. The first kappa shape index (κ1) is 22.8. The summed E-state index contributed by atoms with van der Waals surface area (Å²) < 4.78 is 0. The van der Waals surface area contributed by atoms with Crippen LogP contribution in [0.4, 0.5) is 5.82 Å². The Balaban J connectivity index is 1.64. The van der Waals surface area contributed by atoms with Crippen molar-refractivity contribution in [2.24, 2.45) is 16.5 Å². The largest absolute Gasteiger partial charge is 0.370 e. The molecule has 2 amide bonds. The molecule has 10 heteroatoms. The number of nitrogens with two attached hydrogens (primary N) is 2. The topological polar surface area (TPSA) is 152 Å². The highest BCUT2D eigenvalue weighted by Gasteiger charge is 2.30. The van der Waals surface area contributed by atoms with Crippen LogP contribution in [0.5, 0.6) is 0 Å². The number of benzene rings is 1. The molecule has 1 saturated carbocycles. The maximum absolute atomic E-state index is 13.2. The second kappa shape index (κ2) is 9.60. The van der Waals surface area contributed by atoms with Gasteiger partial charge in [-0.25, -0.2) is 15.0 Å². The van der Waals surface area contributed by atoms with E-state index in [1.165, 1.54) is 6.92 Å². The molecule has 2 aliphatic rings. The maximum atomic E-state index is 13.2. The van der Waals surface area contributed by atoms with Crippen LogP contribution in [0, 0.1) is 6.92 Å². The zero-order chi connectivity index (χ0) is 23.5. The summed E-state index contributed by atoms with van der Waals surface area (Å²) in [6.07, 6.45) is 4.65. The molecule has 2 fully saturated rings. The highest BCUT2D eigenvalue weighted by molar-refractivity contribution is 5.97. The number of likely N-dealkylation sites (tertiary alicyclic amines) is 1. The minimum Gasteiger partial charge on any atom is -0.370 e. The van der Waals surface area contributed by atoms with Crippen LogP contribution in [0.2, 0.25) is 0 Å². The average Bonchev–Trinajstić information content (AvgIpc) is 3.22. The van der Waals surface area contributed by atoms with Gasteiger partial charge >= 0.3 is 0 Å². The van der Waals surface area contributed by atoms with E-state index in [2.05, 4.69) is 25.6 Å². The van der Waals surface area contributed by atoms with Gasteiger partial charge in [0.15, 0.2) is 5.96 Å². The first-order chi connectivity index (χ1) is 15.8. The smallest absolute Gasteiger partial charge is 0.291 e. The fourth-order valence-corrected chi connectivity index (χ4v) is 4.74. The van der Waals surface area contributed by atoms with E-state index in [4.69, 9.17) is 11.5 Å². The molecule has 0 radical (unpaired) electrons. The van der Waals surface area contributed by atoms with Crippen molar-refractivity contribution in [1.29, 1.82) is 0 Å². The van der Waals surface area contributed by atoms with Crippen molar-refractivity contribution in [3.05, 3.63) is 29.6 Å². The summed E-state index contributed by atoms with van der Waals surface area (Å²) in [5.41, 5.74) is 13.1. The van der Waals surface area contributed by atoms with Crippen molar-refractivity contribution >= 4 is 34.5 Å². The van der Waals surface area contributed by atoms with Crippen molar-refractivity contribution < 1.29 is 9.59 Å². The predicted octanol–water partition coefficient (Wildman–Crippen LogP) is 1.29. The number of hydrogen-bond acceptors (Lipinski definition) is 6. The monoisotopic (exact) mass is 452 g/mol. The van der Waals surface area contributed by atoms with Crippen molar-refractivity contribution in [3.63, 3.8) is 0 Å². The van der Waals surface area contributed by atoms with Crippen LogP contribution >= 0.6 is 0 Å². The van der Waals surface area contributed by atoms with Gasteiger partial charge in [-0.05, 0) is 38.3 Å². The molecule has 3 unspecified atom stereocenters. The Hall–Kier alpha value is -3.43. The van der Waals surface area contributed by atoms with E-state index in [1.807, 2.05) is 25.1 Å². The molecule has 2 aromatic rings. The number of nitrogens with zero attached hydrogens (tertiary/aromatic N) is 4. The van der Waals surface area contributed by atoms with Gasteiger partial charge in [0.1, 0.15) is 5.82 Å². The van der Waals surface area contributed by atoms with Gasteiger partial charge in [0.05, 0.1) is 17.6 Å². The number of aromatic nitrogens is 2. The second-order valence-corrected chi connectivity index (χ2v) is 9.01. The summed E-state index contributed by atoms with van der Waals surface area (Å²) in [4.78, 5) is 40.0. The molecule has 176 valence electrons. The van der Waals surface area contributed by atoms with Gasteiger partial charge in [0, 0.05) is 31.4 Å². The van der Waals surface area contributed by atoms with E-state index in [-0.39, 0.29) is 41.7 Å². The lowest BCUT2D eigenvalue weighted by atomic mass is 9.90. The van der Waals surface area contributed by atoms with Crippen LogP contribution in [-0.4, -0.2) is 63.9 Å². The van der Waals surface area contributed by atoms with Crippen LogP contribution in [-0.2, 0) is 4.79 Å². The normalized spacial score (nSPS) is 22.7. The molecule has 10 nitrogen and oxygen atoms in total. The third-order valence-corrected chi connectivity index (χ3v) is 6.29. The number of nitrogens with one attached hydrogen (secondary N) is 2. The third-order valence-electron chi connectivity index (χ3n) is 6.29. The van der Waals surface area contributed by atoms with E-state index in [0.717, 1.165) is 36.6 Å². The number of anilines is 1. The molecule has 1 aliphatic heterocycles.